The van der Waals surface area contributed by atoms with Crippen molar-refractivity contribution in [2.24, 2.45) is 0 Å². The lowest BCUT2D eigenvalue weighted by atomic mass is 10.1. The highest BCUT2D eigenvalue weighted by molar-refractivity contribution is 5.91. The lowest BCUT2D eigenvalue weighted by Crippen LogP contribution is -2.08. The fraction of sp³-hybridized carbons (Fsp3) is 0.351. The van der Waals surface area contributed by atoms with Gasteiger partial charge in [-0.25, -0.2) is 14.4 Å². The van der Waals surface area contributed by atoms with Crippen molar-refractivity contribution in [2.45, 2.75) is 90.9 Å². The second-order valence-electron chi connectivity index (χ2n) is 15.7. The predicted molar refractivity (Wildman–Crippen MR) is 265 cm³/mol. The summed E-state index contributed by atoms with van der Waals surface area (Å²) in [5.74, 6) is 8.42. The van der Waals surface area contributed by atoms with Crippen molar-refractivity contribution in [3.05, 3.63) is 151 Å². The minimum Gasteiger partial charge on any atom is -0.494 e. The van der Waals surface area contributed by atoms with Crippen LogP contribution in [0.25, 0.3) is 10.8 Å². The van der Waals surface area contributed by atoms with Crippen LogP contribution in [-0.2, 0) is 19.1 Å². The highest BCUT2D eigenvalue weighted by atomic mass is 16.5. The zero-order valence-electron chi connectivity index (χ0n) is 39.3. The molecular formula is C57H66O10. The van der Waals surface area contributed by atoms with Crippen LogP contribution in [-0.4, -0.2) is 57.5 Å². The number of carbonyl (C=O) groups excluding carboxylic acids is 3. The lowest BCUT2D eigenvalue weighted by Gasteiger charge is -2.09. The van der Waals surface area contributed by atoms with Crippen LogP contribution >= 0.6 is 0 Å². The van der Waals surface area contributed by atoms with Crippen LogP contribution in [0.2, 0.25) is 0 Å². The van der Waals surface area contributed by atoms with Gasteiger partial charge < -0.3 is 33.2 Å². The van der Waals surface area contributed by atoms with Gasteiger partial charge in [-0.3, -0.25) is 0 Å². The number of benzene rings is 5. The molecule has 0 aliphatic rings. The molecule has 67 heavy (non-hydrogen) atoms. The minimum atomic E-state index is -0.436. The van der Waals surface area contributed by atoms with E-state index in [1.165, 1.54) is 28.5 Å². The molecule has 0 aliphatic carbocycles. The summed E-state index contributed by atoms with van der Waals surface area (Å²) in [6, 6.07) is 34.5. The standard InChI is InChI=1S/C37H42O7.C20H24O3/c1-3-13-30-14-18-32(19-15-30)40-26-9-5-6-10-28-42-34-22-24-35(25-23-34)44-37(39)31-16-20-33(21-17-31)41-27-11-7-8-12-29-43-36(38)4-2;1-3-20(21)23-13-7-5-4-6-12-22-19-11-10-17-14-16(2)8-9-18(17)15-19/h4,14-25H,2,5-12,26-29H2,1H3;3,8-11,14-15H,1,4-7,12-13H2,2H3. The topological polar surface area (TPSA) is 116 Å². The summed E-state index contributed by atoms with van der Waals surface area (Å²) in [7, 11) is 0. The number of hydrogen-bond donors (Lipinski definition) is 0. The molecule has 0 unspecified atom stereocenters. The van der Waals surface area contributed by atoms with E-state index in [1.807, 2.05) is 37.3 Å². The maximum atomic E-state index is 12.5. The number of esters is 3. The van der Waals surface area contributed by atoms with Crippen LogP contribution < -0.4 is 23.7 Å². The maximum Gasteiger partial charge on any atom is 0.343 e. The summed E-state index contributed by atoms with van der Waals surface area (Å²) in [5, 5.41) is 2.45. The first-order valence-electron chi connectivity index (χ1n) is 23.3. The highest BCUT2D eigenvalue weighted by Gasteiger charge is 2.10. The molecule has 10 nitrogen and oxygen atoms in total. The Morgan fingerprint density at radius 2 is 0.851 bits per heavy atom. The molecule has 0 saturated carbocycles. The van der Waals surface area contributed by atoms with E-state index in [4.69, 9.17) is 33.2 Å². The Bertz CT molecular complexity index is 2300. The largest absolute Gasteiger partial charge is 0.494 e. The molecule has 0 saturated heterocycles. The van der Waals surface area contributed by atoms with E-state index < -0.39 is 5.97 Å². The van der Waals surface area contributed by atoms with Crippen LogP contribution in [0.3, 0.4) is 0 Å². The molecule has 0 fully saturated rings. The first-order valence-corrected chi connectivity index (χ1v) is 23.3. The number of ether oxygens (including phenoxy) is 7. The van der Waals surface area contributed by atoms with E-state index in [0.717, 1.165) is 99.9 Å². The second-order valence-corrected chi connectivity index (χ2v) is 15.7. The van der Waals surface area contributed by atoms with Gasteiger partial charge in [-0.05, 0) is 187 Å². The molecule has 10 heteroatoms. The minimum absolute atomic E-state index is 0.347. The smallest absolute Gasteiger partial charge is 0.343 e. The molecule has 0 radical (unpaired) electrons. The average Bonchev–Trinajstić information content (AvgIpc) is 3.35. The predicted octanol–water partition coefficient (Wildman–Crippen LogP) is 12.8. The Kier molecular flexibility index (Phi) is 25.0. The van der Waals surface area contributed by atoms with Crippen molar-refractivity contribution in [3.8, 4) is 40.6 Å². The van der Waals surface area contributed by atoms with Gasteiger partial charge in [0.25, 0.3) is 0 Å². The maximum absolute atomic E-state index is 12.5. The number of carbonyl (C=O) groups is 3. The van der Waals surface area contributed by atoms with E-state index in [1.54, 1.807) is 48.5 Å². The Morgan fingerprint density at radius 1 is 0.463 bits per heavy atom. The zero-order chi connectivity index (χ0) is 47.7. The fourth-order valence-corrected chi connectivity index (χ4v) is 6.57. The van der Waals surface area contributed by atoms with Crippen LogP contribution in [0.4, 0.5) is 0 Å². The molecule has 0 atom stereocenters. The van der Waals surface area contributed by atoms with Gasteiger partial charge in [-0.2, -0.15) is 0 Å². The van der Waals surface area contributed by atoms with Crippen molar-refractivity contribution in [1.29, 1.82) is 0 Å². The van der Waals surface area contributed by atoms with Gasteiger partial charge in [-0.1, -0.05) is 48.9 Å². The van der Waals surface area contributed by atoms with E-state index >= 15 is 0 Å². The van der Waals surface area contributed by atoms with Crippen molar-refractivity contribution in [3.63, 3.8) is 0 Å². The summed E-state index contributed by atoms with van der Waals surface area (Å²) >= 11 is 0. The molecule has 5 aromatic carbocycles. The first kappa shape index (κ1) is 52.6. The number of rotatable bonds is 29. The Labute approximate surface area is 397 Å². The molecule has 5 aromatic rings. The second kappa shape index (κ2) is 31.8. The van der Waals surface area contributed by atoms with E-state index in [2.05, 4.69) is 62.3 Å². The van der Waals surface area contributed by atoms with E-state index in [9.17, 15) is 14.4 Å². The van der Waals surface area contributed by atoms with Gasteiger partial charge in [0.1, 0.15) is 28.7 Å². The van der Waals surface area contributed by atoms with E-state index in [-0.39, 0.29) is 11.9 Å². The molecule has 0 spiro atoms. The molecule has 0 N–H and O–H groups in total. The Morgan fingerprint density at radius 3 is 1.33 bits per heavy atom. The van der Waals surface area contributed by atoms with Crippen molar-refractivity contribution in [1.82, 2.24) is 0 Å². The zero-order valence-corrected chi connectivity index (χ0v) is 39.3. The normalized spacial score (nSPS) is 10.3. The molecule has 0 bridgehead atoms. The highest BCUT2D eigenvalue weighted by Crippen LogP contribution is 2.23. The molecule has 0 amide bonds. The third-order valence-corrected chi connectivity index (χ3v) is 10.2. The Balaban J connectivity index is 0.000000356. The van der Waals surface area contributed by atoms with Crippen LogP contribution in [0, 0.1) is 18.8 Å². The third-order valence-electron chi connectivity index (χ3n) is 10.2. The van der Waals surface area contributed by atoms with Crippen molar-refractivity contribution < 1.29 is 47.5 Å². The Hall–Kier alpha value is -6.99. The number of hydrogen-bond acceptors (Lipinski definition) is 10. The lowest BCUT2D eigenvalue weighted by molar-refractivity contribution is -0.138. The molecule has 354 valence electrons. The van der Waals surface area contributed by atoms with Gasteiger partial charge in [0.15, 0.2) is 0 Å². The number of aryl methyl sites for hydroxylation is 1. The van der Waals surface area contributed by atoms with Gasteiger partial charge in [0, 0.05) is 17.7 Å². The quantitative estimate of drug-likeness (QED) is 0.0151. The number of unbranched alkanes of at least 4 members (excludes halogenated alkanes) is 9. The summed E-state index contributed by atoms with van der Waals surface area (Å²) < 4.78 is 38.6. The molecular weight excluding hydrogens is 845 g/mol. The van der Waals surface area contributed by atoms with Crippen LogP contribution in [0.15, 0.2) is 135 Å². The summed E-state index contributed by atoms with van der Waals surface area (Å²) in [4.78, 5) is 34.4. The van der Waals surface area contributed by atoms with Crippen LogP contribution in [0.5, 0.6) is 28.7 Å². The first-order chi connectivity index (χ1) is 32.8. The summed E-state index contributed by atoms with van der Waals surface area (Å²) in [6.45, 7) is 14.1. The third kappa shape index (κ3) is 22.2. The monoisotopic (exact) mass is 910 g/mol. The van der Waals surface area contributed by atoms with Crippen molar-refractivity contribution >= 4 is 28.7 Å². The van der Waals surface area contributed by atoms with E-state index in [0.29, 0.717) is 56.7 Å². The van der Waals surface area contributed by atoms with Gasteiger partial charge in [0.05, 0.1) is 45.2 Å². The van der Waals surface area contributed by atoms with Gasteiger partial charge in [0.2, 0.25) is 0 Å². The molecule has 0 heterocycles. The van der Waals surface area contributed by atoms with Crippen molar-refractivity contribution in [2.75, 3.05) is 39.6 Å². The SMILES string of the molecule is C=CC(=O)OCCCCCCOc1ccc(C(=O)Oc2ccc(OCCCCCCOc3ccc(C#CC)cc3)cc2)cc1.C=CC(=O)OCCCCCCOc1ccc2cc(C)ccc2c1. The average molecular weight is 911 g/mol. The number of fused-ring (bicyclic) bond motifs is 1. The molecule has 0 aliphatic heterocycles. The molecule has 0 aromatic heterocycles. The fourth-order valence-electron chi connectivity index (χ4n) is 6.57. The summed E-state index contributed by atoms with van der Waals surface area (Å²) in [5.41, 5.74) is 2.70. The van der Waals surface area contributed by atoms with Gasteiger partial charge >= 0.3 is 17.9 Å². The summed E-state index contributed by atoms with van der Waals surface area (Å²) in [6.07, 6.45) is 14.1. The van der Waals surface area contributed by atoms with Gasteiger partial charge in [-0.15, -0.1) is 5.92 Å². The molecule has 5 rings (SSSR count). The van der Waals surface area contributed by atoms with Crippen LogP contribution in [0.1, 0.15) is 105 Å².